The second-order valence-corrected chi connectivity index (χ2v) is 5.75. The summed E-state index contributed by atoms with van der Waals surface area (Å²) in [5, 5.41) is 12.8. The van der Waals surface area contributed by atoms with Gasteiger partial charge in [-0.25, -0.2) is 4.98 Å². The molecule has 1 atom stereocenters. The molecule has 19 heavy (non-hydrogen) atoms. The van der Waals surface area contributed by atoms with Crippen LogP contribution in [0.3, 0.4) is 0 Å². The van der Waals surface area contributed by atoms with E-state index in [1.54, 1.807) is 12.4 Å². The predicted molar refractivity (Wildman–Crippen MR) is 69.6 cm³/mol. The van der Waals surface area contributed by atoms with E-state index in [0.717, 1.165) is 44.7 Å². The lowest BCUT2D eigenvalue weighted by atomic mass is 9.77. The molecule has 0 amide bonds. The second kappa shape index (κ2) is 4.94. The molecule has 6 heteroatoms. The van der Waals surface area contributed by atoms with Gasteiger partial charge >= 0.3 is 5.97 Å². The Labute approximate surface area is 112 Å². The fourth-order valence-electron chi connectivity index (χ4n) is 3.45. The Morgan fingerprint density at radius 3 is 2.95 bits per heavy atom. The monoisotopic (exact) mass is 264 g/mol. The minimum atomic E-state index is -0.707. The van der Waals surface area contributed by atoms with Gasteiger partial charge in [0.2, 0.25) is 0 Å². The smallest absolute Gasteiger partial charge is 0.320 e. The van der Waals surface area contributed by atoms with Crippen molar-refractivity contribution in [2.45, 2.75) is 31.8 Å². The van der Waals surface area contributed by atoms with Crippen LogP contribution in [0.25, 0.3) is 0 Å². The van der Waals surface area contributed by atoms with Gasteiger partial charge in [-0.15, -0.1) is 0 Å². The van der Waals surface area contributed by atoms with Crippen LogP contribution in [-0.4, -0.2) is 51.6 Å². The van der Waals surface area contributed by atoms with E-state index < -0.39 is 5.97 Å². The van der Waals surface area contributed by atoms with E-state index in [4.69, 9.17) is 0 Å². The van der Waals surface area contributed by atoms with Crippen molar-refractivity contribution in [2.75, 3.05) is 19.6 Å². The fraction of sp³-hybridized carbons (Fsp3) is 0.692. The zero-order valence-corrected chi connectivity index (χ0v) is 10.9. The third-order valence-electron chi connectivity index (χ3n) is 4.46. The summed E-state index contributed by atoms with van der Waals surface area (Å²) >= 11 is 0. The highest BCUT2D eigenvalue weighted by Crippen LogP contribution is 2.42. The lowest BCUT2D eigenvalue weighted by molar-refractivity contribution is -0.142. The standard InChI is InChI=1S/C13H20N4O2/c18-12(19)10-7-13(1-3-14-4-2-13)9-17(10)8-11-15-5-6-16-11/h5-6,10,14H,1-4,7-9H2,(H,15,16)(H,18,19). The molecular formula is C13H20N4O2. The van der Waals surface area contributed by atoms with Crippen LogP contribution in [-0.2, 0) is 11.3 Å². The van der Waals surface area contributed by atoms with E-state index in [-0.39, 0.29) is 11.5 Å². The highest BCUT2D eigenvalue weighted by Gasteiger charge is 2.47. The number of nitrogens with zero attached hydrogens (tertiary/aromatic N) is 2. The molecule has 0 bridgehead atoms. The number of aliphatic carboxylic acids is 1. The van der Waals surface area contributed by atoms with E-state index in [9.17, 15) is 9.90 Å². The number of carboxylic acids is 1. The largest absolute Gasteiger partial charge is 0.480 e. The van der Waals surface area contributed by atoms with E-state index in [1.807, 2.05) is 0 Å². The number of likely N-dealkylation sites (tertiary alicyclic amines) is 1. The maximum atomic E-state index is 11.5. The molecule has 1 spiro atoms. The molecule has 1 unspecified atom stereocenters. The molecule has 3 rings (SSSR count). The molecule has 2 aliphatic rings. The maximum Gasteiger partial charge on any atom is 0.320 e. The number of H-pyrrole nitrogens is 1. The highest BCUT2D eigenvalue weighted by atomic mass is 16.4. The van der Waals surface area contributed by atoms with Gasteiger partial charge in [-0.3, -0.25) is 9.69 Å². The Kier molecular flexibility index (Phi) is 3.28. The van der Waals surface area contributed by atoms with E-state index in [1.165, 1.54) is 0 Å². The molecule has 1 aromatic heterocycles. The molecule has 3 N–H and O–H groups in total. The van der Waals surface area contributed by atoms with E-state index in [0.29, 0.717) is 6.54 Å². The number of piperidine rings is 1. The minimum absolute atomic E-state index is 0.181. The molecule has 1 aromatic rings. The molecule has 0 aliphatic carbocycles. The van der Waals surface area contributed by atoms with E-state index >= 15 is 0 Å². The van der Waals surface area contributed by atoms with Gasteiger partial charge in [0.25, 0.3) is 0 Å². The average molecular weight is 264 g/mol. The second-order valence-electron chi connectivity index (χ2n) is 5.75. The topological polar surface area (TPSA) is 81.2 Å². The first-order valence-electron chi connectivity index (χ1n) is 6.84. The maximum absolute atomic E-state index is 11.5. The Morgan fingerprint density at radius 1 is 1.53 bits per heavy atom. The number of aromatic amines is 1. The molecule has 6 nitrogen and oxygen atoms in total. The third kappa shape index (κ3) is 2.50. The molecule has 0 aromatic carbocycles. The summed E-state index contributed by atoms with van der Waals surface area (Å²) in [6.07, 6.45) is 6.41. The molecule has 104 valence electrons. The highest BCUT2D eigenvalue weighted by molar-refractivity contribution is 5.74. The van der Waals surface area contributed by atoms with Crippen molar-refractivity contribution in [3.8, 4) is 0 Å². The number of rotatable bonds is 3. The molecule has 0 radical (unpaired) electrons. The van der Waals surface area contributed by atoms with Gasteiger partial charge in [0, 0.05) is 18.9 Å². The molecule has 0 saturated carbocycles. The quantitative estimate of drug-likeness (QED) is 0.738. The number of hydrogen-bond donors (Lipinski definition) is 3. The first-order valence-corrected chi connectivity index (χ1v) is 6.84. The minimum Gasteiger partial charge on any atom is -0.480 e. The number of carbonyl (C=O) groups is 1. The van der Waals surface area contributed by atoms with Crippen LogP contribution >= 0.6 is 0 Å². The van der Waals surface area contributed by atoms with Crippen LogP contribution < -0.4 is 5.32 Å². The lowest BCUT2D eigenvalue weighted by Crippen LogP contribution is -2.38. The van der Waals surface area contributed by atoms with Crippen molar-refractivity contribution in [1.82, 2.24) is 20.2 Å². The van der Waals surface area contributed by atoms with Crippen LogP contribution in [0.4, 0.5) is 0 Å². The van der Waals surface area contributed by atoms with Crippen molar-refractivity contribution in [2.24, 2.45) is 5.41 Å². The van der Waals surface area contributed by atoms with Gasteiger partial charge in [-0.1, -0.05) is 0 Å². The molecule has 2 saturated heterocycles. The fourth-order valence-corrected chi connectivity index (χ4v) is 3.45. The molecule has 3 heterocycles. The van der Waals surface area contributed by atoms with Crippen LogP contribution in [0.1, 0.15) is 25.1 Å². The summed E-state index contributed by atoms with van der Waals surface area (Å²) < 4.78 is 0. The SMILES string of the molecule is O=C(O)C1CC2(CCNCC2)CN1Cc1ncc[nH]1. The van der Waals surface area contributed by atoms with Gasteiger partial charge in [-0.2, -0.15) is 0 Å². The van der Waals surface area contributed by atoms with Gasteiger partial charge in [0.1, 0.15) is 11.9 Å². The zero-order valence-electron chi connectivity index (χ0n) is 10.9. The van der Waals surface area contributed by atoms with Crippen LogP contribution in [0.5, 0.6) is 0 Å². The zero-order chi connectivity index (χ0) is 13.3. The third-order valence-corrected chi connectivity index (χ3v) is 4.46. The number of nitrogens with one attached hydrogen (secondary N) is 2. The molecule has 2 fully saturated rings. The van der Waals surface area contributed by atoms with Crippen molar-refractivity contribution in [3.63, 3.8) is 0 Å². The van der Waals surface area contributed by atoms with Gasteiger partial charge in [0.05, 0.1) is 6.54 Å². The van der Waals surface area contributed by atoms with Gasteiger partial charge in [0.15, 0.2) is 0 Å². The Balaban J connectivity index is 1.75. The summed E-state index contributed by atoms with van der Waals surface area (Å²) in [7, 11) is 0. The lowest BCUT2D eigenvalue weighted by Gasteiger charge is -2.33. The van der Waals surface area contributed by atoms with Crippen LogP contribution in [0.2, 0.25) is 0 Å². The van der Waals surface area contributed by atoms with Crippen molar-refractivity contribution in [1.29, 1.82) is 0 Å². The van der Waals surface area contributed by atoms with Gasteiger partial charge < -0.3 is 15.4 Å². The number of carboxylic acid groups (broad SMARTS) is 1. The van der Waals surface area contributed by atoms with Crippen molar-refractivity contribution in [3.05, 3.63) is 18.2 Å². The van der Waals surface area contributed by atoms with Crippen molar-refractivity contribution < 1.29 is 9.90 Å². The Hall–Kier alpha value is -1.40. The number of imidazole rings is 1. The summed E-state index contributed by atoms with van der Waals surface area (Å²) in [6, 6.07) is -0.372. The van der Waals surface area contributed by atoms with Crippen LogP contribution in [0, 0.1) is 5.41 Å². The predicted octanol–water partition coefficient (Wildman–Crippen LogP) is 0.438. The van der Waals surface area contributed by atoms with Crippen LogP contribution in [0.15, 0.2) is 12.4 Å². The first-order chi connectivity index (χ1) is 9.19. The molecular weight excluding hydrogens is 244 g/mol. The summed E-state index contributed by atoms with van der Waals surface area (Å²) in [6.45, 7) is 3.47. The summed E-state index contributed by atoms with van der Waals surface area (Å²) in [4.78, 5) is 20.8. The van der Waals surface area contributed by atoms with E-state index in [2.05, 4.69) is 20.2 Å². The molecule has 2 aliphatic heterocycles. The Morgan fingerprint density at radius 2 is 2.32 bits per heavy atom. The normalized spacial score (nSPS) is 26.8. The summed E-state index contributed by atoms with van der Waals surface area (Å²) in [5.41, 5.74) is 0.181. The number of hydrogen-bond acceptors (Lipinski definition) is 4. The Bertz CT molecular complexity index is 440. The van der Waals surface area contributed by atoms with Crippen molar-refractivity contribution >= 4 is 5.97 Å². The first kappa shape index (κ1) is 12.6. The summed E-state index contributed by atoms with van der Waals surface area (Å²) in [5.74, 6) is 0.138. The number of aromatic nitrogens is 2. The van der Waals surface area contributed by atoms with Gasteiger partial charge in [-0.05, 0) is 37.8 Å². The average Bonchev–Trinajstić information content (AvgIpc) is 3.00.